The second kappa shape index (κ2) is 9.51. The number of fused-ring (bicyclic) bond motifs is 3. The Bertz CT molecular complexity index is 1090. The highest BCUT2D eigenvalue weighted by atomic mass is 19.1. The predicted molar refractivity (Wildman–Crippen MR) is 116 cm³/mol. The van der Waals surface area contributed by atoms with Crippen molar-refractivity contribution < 1.29 is 28.6 Å². The van der Waals surface area contributed by atoms with Gasteiger partial charge in [-0.15, -0.1) is 0 Å². The lowest BCUT2D eigenvalue weighted by Gasteiger charge is -2.17. The van der Waals surface area contributed by atoms with Crippen molar-refractivity contribution in [2.75, 3.05) is 13.2 Å². The summed E-state index contributed by atoms with van der Waals surface area (Å²) in [5.74, 6) is -1.49. The molecule has 0 heterocycles. The number of amides is 1. The van der Waals surface area contributed by atoms with Gasteiger partial charge in [-0.25, -0.2) is 14.0 Å². The van der Waals surface area contributed by atoms with Crippen molar-refractivity contribution in [1.29, 1.82) is 0 Å². The first-order valence-electron chi connectivity index (χ1n) is 10.3. The molecule has 1 aliphatic carbocycles. The van der Waals surface area contributed by atoms with Gasteiger partial charge < -0.3 is 19.9 Å². The number of carboxylic acid groups (broad SMARTS) is 1. The van der Waals surface area contributed by atoms with Gasteiger partial charge in [-0.3, -0.25) is 0 Å². The summed E-state index contributed by atoms with van der Waals surface area (Å²) >= 11 is 0. The molecule has 32 heavy (non-hydrogen) atoms. The number of ether oxygens (including phenoxy) is 2. The van der Waals surface area contributed by atoms with Gasteiger partial charge in [0.25, 0.3) is 0 Å². The Balaban J connectivity index is 1.34. The smallest absolute Gasteiger partial charge is 0.407 e. The summed E-state index contributed by atoms with van der Waals surface area (Å²) in [6, 6.07) is 20.3. The van der Waals surface area contributed by atoms with Crippen molar-refractivity contribution >= 4 is 12.1 Å². The topological polar surface area (TPSA) is 84.9 Å². The number of benzene rings is 3. The van der Waals surface area contributed by atoms with Crippen LogP contribution in [0, 0.1) is 5.82 Å². The van der Waals surface area contributed by atoms with Crippen LogP contribution in [0.25, 0.3) is 11.1 Å². The van der Waals surface area contributed by atoms with Gasteiger partial charge in [0.2, 0.25) is 0 Å². The normalized spacial score (nSPS) is 13.0. The summed E-state index contributed by atoms with van der Waals surface area (Å²) in [6.07, 6.45) is -0.819. The van der Waals surface area contributed by atoms with Crippen molar-refractivity contribution in [2.45, 2.75) is 18.4 Å². The van der Waals surface area contributed by atoms with Gasteiger partial charge in [0.15, 0.2) is 0 Å². The van der Waals surface area contributed by atoms with Crippen LogP contribution in [0.4, 0.5) is 9.18 Å². The van der Waals surface area contributed by atoms with Crippen LogP contribution < -0.4 is 10.1 Å². The van der Waals surface area contributed by atoms with E-state index in [9.17, 15) is 19.1 Å². The van der Waals surface area contributed by atoms with Crippen molar-refractivity contribution in [3.63, 3.8) is 0 Å². The third kappa shape index (κ3) is 4.72. The van der Waals surface area contributed by atoms with E-state index < -0.39 is 23.9 Å². The molecule has 164 valence electrons. The van der Waals surface area contributed by atoms with Crippen LogP contribution in [-0.4, -0.2) is 36.4 Å². The minimum absolute atomic E-state index is 0.00393. The monoisotopic (exact) mass is 435 g/mol. The second-order valence-corrected chi connectivity index (χ2v) is 7.46. The number of aliphatic carboxylic acids is 1. The molecular formula is C25H22FNO5. The molecule has 0 unspecified atom stereocenters. The first-order chi connectivity index (χ1) is 15.5. The highest BCUT2D eigenvalue weighted by Crippen LogP contribution is 2.44. The largest absolute Gasteiger partial charge is 0.493 e. The lowest BCUT2D eigenvalue weighted by Crippen LogP contribution is -2.42. The second-order valence-electron chi connectivity index (χ2n) is 7.46. The highest BCUT2D eigenvalue weighted by molar-refractivity contribution is 5.81. The van der Waals surface area contributed by atoms with Crippen LogP contribution in [0.15, 0.2) is 72.8 Å². The van der Waals surface area contributed by atoms with Crippen molar-refractivity contribution in [2.24, 2.45) is 0 Å². The zero-order chi connectivity index (χ0) is 22.5. The molecule has 0 spiro atoms. The number of carbonyl (C=O) groups is 2. The fourth-order valence-electron chi connectivity index (χ4n) is 3.89. The number of alkyl carbamates (subject to hydrolysis) is 1. The quantitative estimate of drug-likeness (QED) is 0.541. The maximum Gasteiger partial charge on any atom is 0.407 e. The van der Waals surface area contributed by atoms with Gasteiger partial charge in [0.1, 0.15) is 24.2 Å². The lowest BCUT2D eigenvalue weighted by atomic mass is 9.98. The lowest BCUT2D eigenvalue weighted by molar-refractivity contribution is -0.139. The van der Waals surface area contributed by atoms with Gasteiger partial charge in [-0.1, -0.05) is 54.6 Å². The van der Waals surface area contributed by atoms with Gasteiger partial charge in [-0.05, 0) is 34.4 Å². The maximum absolute atomic E-state index is 13.2. The molecule has 6 nitrogen and oxygen atoms in total. The van der Waals surface area contributed by atoms with E-state index in [2.05, 4.69) is 5.32 Å². The number of carbonyl (C=O) groups excluding carboxylic acids is 1. The molecule has 0 bridgehead atoms. The van der Waals surface area contributed by atoms with E-state index in [0.29, 0.717) is 0 Å². The van der Waals surface area contributed by atoms with E-state index in [4.69, 9.17) is 9.47 Å². The molecule has 0 saturated heterocycles. The predicted octanol–water partition coefficient (Wildman–Crippen LogP) is 4.59. The Morgan fingerprint density at radius 1 is 0.969 bits per heavy atom. The van der Waals surface area contributed by atoms with Gasteiger partial charge in [0, 0.05) is 18.4 Å². The van der Waals surface area contributed by atoms with Crippen molar-refractivity contribution in [3.05, 3.63) is 89.7 Å². The van der Waals surface area contributed by atoms with Crippen LogP contribution in [0.3, 0.4) is 0 Å². The van der Waals surface area contributed by atoms with E-state index in [1.807, 2.05) is 48.5 Å². The van der Waals surface area contributed by atoms with E-state index in [1.54, 1.807) is 6.07 Å². The summed E-state index contributed by atoms with van der Waals surface area (Å²) in [7, 11) is 0. The first kappa shape index (κ1) is 21.4. The number of nitrogens with one attached hydrogen (secondary N) is 1. The SMILES string of the molecule is O=C(N[C@H](CCOc1cccc(F)c1)C(=O)O)OCC1c2ccccc2-c2ccccc21. The first-order valence-corrected chi connectivity index (χ1v) is 10.3. The molecule has 0 fully saturated rings. The summed E-state index contributed by atoms with van der Waals surface area (Å²) in [5.41, 5.74) is 4.35. The number of rotatable bonds is 8. The van der Waals surface area contributed by atoms with Crippen LogP contribution in [-0.2, 0) is 9.53 Å². The molecule has 4 rings (SSSR count). The summed E-state index contributed by atoms with van der Waals surface area (Å²) in [6.45, 7) is 0.0794. The summed E-state index contributed by atoms with van der Waals surface area (Å²) in [5, 5.41) is 11.8. The zero-order valence-electron chi connectivity index (χ0n) is 17.2. The zero-order valence-corrected chi connectivity index (χ0v) is 17.2. The van der Waals surface area contributed by atoms with E-state index >= 15 is 0 Å². The third-order valence-corrected chi connectivity index (χ3v) is 5.41. The molecular weight excluding hydrogens is 413 g/mol. The molecule has 0 aromatic heterocycles. The van der Waals surface area contributed by atoms with Gasteiger partial charge in [0.05, 0.1) is 6.61 Å². The van der Waals surface area contributed by atoms with E-state index in [1.165, 1.54) is 18.2 Å². The Hall–Kier alpha value is -3.87. The molecule has 0 aliphatic heterocycles. The Morgan fingerprint density at radius 3 is 2.25 bits per heavy atom. The summed E-state index contributed by atoms with van der Waals surface area (Å²) in [4.78, 5) is 23.9. The van der Waals surface area contributed by atoms with Crippen LogP contribution in [0.1, 0.15) is 23.5 Å². The molecule has 3 aromatic rings. The molecule has 1 atom stereocenters. The molecule has 7 heteroatoms. The van der Waals surface area contributed by atoms with E-state index in [-0.39, 0.29) is 31.3 Å². The fraction of sp³-hybridized carbons (Fsp3) is 0.200. The minimum Gasteiger partial charge on any atom is -0.493 e. The van der Waals surface area contributed by atoms with Crippen LogP contribution in [0.2, 0.25) is 0 Å². The Kier molecular flexibility index (Phi) is 6.35. The number of hydrogen-bond acceptors (Lipinski definition) is 4. The van der Waals surface area contributed by atoms with Crippen LogP contribution >= 0.6 is 0 Å². The molecule has 2 N–H and O–H groups in total. The number of hydrogen-bond donors (Lipinski definition) is 2. The maximum atomic E-state index is 13.2. The average Bonchev–Trinajstić information content (AvgIpc) is 3.11. The molecule has 3 aromatic carbocycles. The van der Waals surface area contributed by atoms with Gasteiger partial charge >= 0.3 is 12.1 Å². The average molecular weight is 435 g/mol. The van der Waals surface area contributed by atoms with E-state index in [0.717, 1.165) is 22.3 Å². The van der Waals surface area contributed by atoms with Crippen molar-refractivity contribution in [1.82, 2.24) is 5.32 Å². The standard InChI is InChI=1S/C25H22FNO5/c26-16-6-5-7-17(14-16)31-13-12-23(24(28)29)27-25(30)32-15-22-20-10-3-1-8-18(20)19-9-2-4-11-21(19)22/h1-11,14,22-23H,12-13,15H2,(H,27,30)(H,28,29)/t23-/m1/s1. The van der Waals surface area contributed by atoms with Crippen LogP contribution in [0.5, 0.6) is 5.75 Å². The number of carboxylic acids is 1. The molecule has 1 amide bonds. The highest BCUT2D eigenvalue weighted by Gasteiger charge is 2.29. The van der Waals surface area contributed by atoms with Crippen molar-refractivity contribution in [3.8, 4) is 16.9 Å². The Labute approximate surface area is 184 Å². The minimum atomic E-state index is -1.21. The molecule has 1 aliphatic rings. The third-order valence-electron chi connectivity index (χ3n) is 5.41. The molecule has 0 radical (unpaired) electrons. The fourth-order valence-corrected chi connectivity index (χ4v) is 3.89. The number of halogens is 1. The Morgan fingerprint density at radius 2 is 1.62 bits per heavy atom. The van der Waals surface area contributed by atoms with Gasteiger partial charge in [-0.2, -0.15) is 0 Å². The molecule has 0 saturated carbocycles. The summed E-state index contributed by atoms with van der Waals surface area (Å²) < 4.78 is 24.0.